The number of benzene rings is 1. The zero-order valence-corrected chi connectivity index (χ0v) is 14.9. The highest BCUT2D eigenvalue weighted by atomic mass is 19.1. The maximum Gasteiger partial charge on any atom is 0.162 e. The largest absolute Gasteiger partial charge is 0.492 e. The standard InChI is InChI=1S/C19H23FN4O2/c1-23-5-7-24(8-6-23)9-11-26-16-2-3-17(18(20)12-16)19-21-13-15(4-10-25)14-22-19/h2-3,10,12-14H,4-9,11H2,1H3. The van der Waals surface area contributed by atoms with Crippen molar-refractivity contribution in [2.24, 2.45) is 0 Å². The zero-order chi connectivity index (χ0) is 18.4. The van der Waals surface area contributed by atoms with E-state index in [0.717, 1.165) is 39.0 Å². The van der Waals surface area contributed by atoms with Crippen molar-refractivity contribution in [3.05, 3.63) is 42.0 Å². The molecule has 0 unspecified atom stereocenters. The summed E-state index contributed by atoms with van der Waals surface area (Å²) >= 11 is 0. The van der Waals surface area contributed by atoms with Crippen molar-refractivity contribution < 1.29 is 13.9 Å². The van der Waals surface area contributed by atoms with Crippen LogP contribution in [0.15, 0.2) is 30.6 Å². The first-order chi connectivity index (χ1) is 12.7. The number of carbonyl (C=O) groups is 1. The first kappa shape index (κ1) is 18.4. The Morgan fingerprint density at radius 3 is 2.58 bits per heavy atom. The van der Waals surface area contributed by atoms with Gasteiger partial charge in [-0.05, 0) is 24.7 Å². The number of aldehydes is 1. The van der Waals surface area contributed by atoms with Crippen molar-refractivity contribution in [1.29, 1.82) is 0 Å². The maximum atomic E-state index is 14.4. The summed E-state index contributed by atoms with van der Waals surface area (Å²) in [4.78, 5) is 23.4. The van der Waals surface area contributed by atoms with E-state index in [0.29, 0.717) is 29.3 Å². The van der Waals surface area contributed by atoms with Crippen LogP contribution in [-0.4, -0.2) is 72.4 Å². The highest BCUT2D eigenvalue weighted by molar-refractivity contribution is 5.58. The Bertz CT molecular complexity index is 731. The maximum absolute atomic E-state index is 14.4. The Morgan fingerprint density at radius 2 is 1.92 bits per heavy atom. The van der Waals surface area contributed by atoms with Crippen molar-refractivity contribution in [3.8, 4) is 17.1 Å². The highest BCUT2D eigenvalue weighted by Gasteiger charge is 2.14. The molecule has 0 amide bonds. The minimum atomic E-state index is -0.426. The Morgan fingerprint density at radius 1 is 1.19 bits per heavy atom. The lowest BCUT2D eigenvalue weighted by Crippen LogP contribution is -2.45. The number of rotatable bonds is 7. The van der Waals surface area contributed by atoms with Crippen LogP contribution < -0.4 is 4.74 Å². The zero-order valence-electron chi connectivity index (χ0n) is 14.9. The third-order valence-electron chi connectivity index (χ3n) is 4.48. The first-order valence-electron chi connectivity index (χ1n) is 8.74. The average molecular weight is 358 g/mol. The Labute approximate surface area is 152 Å². The quantitative estimate of drug-likeness (QED) is 0.702. The molecule has 0 atom stereocenters. The number of aromatic nitrogens is 2. The molecule has 2 heterocycles. The van der Waals surface area contributed by atoms with Gasteiger partial charge in [-0.25, -0.2) is 14.4 Å². The van der Waals surface area contributed by atoms with E-state index in [-0.39, 0.29) is 6.42 Å². The smallest absolute Gasteiger partial charge is 0.162 e. The molecule has 138 valence electrons. The number of halogens is 1. The van der Waals surface area contributed by atoms with E-state index >= 15 is 0 Å². The molecule has 7 heteroatoms. The summed E-state index contributed by atoms with van der Waals surface area (Å²) in [6.07, 6.45) is 4.11. The minimum absolute atomic E-state index is 0.253. The van der Waals surface area contributed by atoms with E-state index in [1.165, 1.54) is 18.5 Å². The molecular formula is C19H23FN4O2. The van der Waals surface area contributed by atoms with E-state index in [2.05, 4.69) is 26.8 Å². The van der Waals surface area contributed by atoms with Crippen molar-refractivity contribution in [2.75, 3.05) is 46.4 Å². The second kappa shape index (κ2) is 8.82. The fourth-order valence-electron chi connectivity index (χ4n) is 2.83. The first-order valence-corrected chi connectivity index (χ1v) is 8.74. The molecule has 0 spiro atoms. The highest BCUT2D eigenvalue weighted by Crippen LogP contribution is 2.23. The van der Waals surface area contributed by atoms with Gasteiger partial charge >= 0.3 is 0 Å². The van der Waals surface area contributed by atoms with Gasteiger partial charge in [0.25, 0.3) is 0 Å². The number of likely N-dealkylation sites (N-methyl/N-ethyl adjacent to an activating group) is 1. The van der Waals surface area contributed by atoms with Gasteiger partial charge in [-0.1, -0.05) is 0 Å². The van der Waals surface area contributed by atoms with Crippen LogP contribution in [0.5, 0.6) is 5.75 Å². The molecule has 1 saturated heterocycles. The number of hydrogen-bond acceptors (Lipinski definition) is 6. The summed E-state index contributed by atoms with van der Waals surface area (Å²) in [6, 6.07) is 4.71. The van der Waals surface area contributed by atoms with Crippen LogP contribution in [0.25, 0.3) is 11.4 Å². The van der Waals surface area contributed by atoms with Crippen LogP contribution in [-0.2, 0) is 11.2 Å². The molecule has 2 aromatic rings. The number of ether oxygens (including phenoxy) is 1. The molecule has 0 bridgehead atoms. The predicted octanol–water partition coefficient (Wildman–Crippen LogP) is 1.65. The summed E-state index contributed by atoms with van der Waals surface area (Å²) < 4.78 is 20.1. The number of carbonyl (C=O) groups excluding carboxylic acids is 1. The van der Waals surface area contributed by atoms with Gasteiger partial charge in [-0.15, -0.1) is 0 Å². The van der Waals surface area contributed by atoms with Gasteiger partial charge in [0.05, 0.1) is 5.56 Å². The normalized spacial score (nSPS) is 15.8. The van der Waals surface area contributed by atoms with Crippen LogP contribution in [0, 0.1) is 5.82 Å². The number of nitrogens with zero attached hydrogens (tertiary/aromatic N) is 4. The second-order valence-corrected chi connectivity index (χ2v) is 6.42. The molecule has 0 radical (unpaired) electrons. The Balaban J connectivity index is 1.56. The molecule has 1 fully saturated rings. The molecule has 0 N–H and O–H groups in total. The molecule has 1 aliphatic rings. The third kappa shape index (κ3) is 4.83. The van der Waals surface area contributed by atoms with E-state index in [1.54, 1.807) is 12.1 Å². The molecule has 26 heavy (non-hydrogen) atoms. The molecule has 0 saturated carbocycles. The van der Waals surface area contributed by atoms with Crippen molar-refractivity contribution in [3.63, 3.8) is 0 Å². The van der Waals surface area contributed by atoms with Gasteiger partial charge in [0.2, 0.25) is 0 Å². The topological polar surface area (TPSA) is 58.6 Å². The number of hydrogen-bond donors (Lipinski definition) is 0. The van der Waals surface area contributed by atoms with Crippen LogP contribution in [0.4, 0.5) is 4.39 Å². The summed E-state index contributed by atoms with van der Waals surface area (Å²) in [5.41, 5.74) is 1.02. The van der Waals surface area contributed by atoms with Crippen LogP contribution in [0.3, 0.4) is 0 Å². The van der Waals surface area contributed by atoms with E-state index in [4.69, 9.17) is 4.74 Å². The van der Waals surface area contributed by atoms with Gasteiger partial charge in [-0.3, -0.25) is 4.90 Å². The molecule has 1 aliphatic heterocycles. The minimum Gasteiger partial charge on any atom is -0.492 e. The van der Waals surface area contributed by atoms with Crippen LogP contribution in [0.1, 0.15) is 5.56 Å². The fraction of sp³-hybridized carbons (Fsp3) is 0.421. The summed E-state index contributed by atoms with van der Waals surface area (Å²) in [5, 5.41) is 0. The lowest BCUT2D eigenvalue weighted by molar-refractivity contribution is -0.107. The van der Waals surface area contributed by atoms with Gasteiger partial charge in [-0.2, -0.15) is 0 Å². The van der Waals surface area contributed by atoms with E-state index in [9.17, 15) is 9.18 Å². The monoisotopic (exact) mass is 358 g/mol. The Hall–Kier alpha value is -2.38. The van der Waals surface area contributed by atoms with Crippen molar-refractivity contribution in [1.82, 2.24) is 19.8 Å². The van der Waals surface area contributed by atoms with Gasteiger partial charge in [0, 0.05) is 57.6 Å². The second-order valence-electron chi connectivity index (χ2n) is 6.42. The van der Waals surface area contributed by atoms with E-state index in [1.807, 2.05) is 0 Å². The van der Waals surface area contributed by atoms with Gasteiger partial charge < -0.3 is 14.4 Å². The van der Waals surface area contributed by atoms with Crippen molar-refractivity contribution >= 4 is 6.29 Å². The molecule has 6 nitrogen and oxygen atoms in total. The van der Waals surface area contributed by atoms with E-state index < -0.39 is 5.82 Å². The molecule has 3 rings (SSSR count). The lowest BCUT2D eigenvalue weighted by atomic mass is 10.2. The summed E-state index contributed by atoms with van der Waals surface area (Å²) in [6.45, 7) is 5.55. The lowest BCUT2D eigenvalue weighted by Gasteiger charge is -2.32. The average Bonchev–Trinajstić information content (AvgIpc) is 2.65. The SMILES string of the molecule is CN1CCN(CCOc2ccc(-c3ncc(CC=O)cn3)c(F)c2)CC1. The molecular weight excluding hydrogens is 335 g/mol. The van der Waals surface area contributed by atoms with Gasteiger partial charge in [0.1, 0.15) is 24.5 Å². The van der Waals surface area contributed by atoms with Gasteiger partial charge in [0.15, 0.2) is 5.82 Å². The van der Waals surface area contributed by atoms with Crippen LogP contribution >= 0.6 is 0 Å². The molecule has 1 aromatic heterocycles. The summed E-state index contributed by atoms with van der Waals surface area (Å²) in [5.74, 6) is 0.365. The Kier molecular flexibility index (Phi) is 6.25. The molecule has 1 aromatic carbocycles. The molecule has 0 aliphatic carbocycles. The summed E-state index contributed by atoms with van der Waals surface area (Å²) in [7, 11) is 2.12. The fourth-order valence-corrected chi connectivity index (χ4v) is 2.83. The third-order valence-corrected chi connectivity index (χ3v) is 4.48. The predicted molar refractivity (Wildman–Crippen MR) is 96.6 cm³/mol. The van der Waals surface area contributed by atoms with Crippen molar-refractivity contribution in [2.45, 2.75) is 6.42 Å². The number of piperazine rings is 1. The van der Waals surface area contributed by atoms with Crippen LogP contribution in [0.2, 0.25) is 0 Å².